The molecule has 0 saturated carbocycles. The Morgan fingerprint density at radius 3 is 2.58 bits per heavy atom. The van der Waals surface area contributed by atoms with Gasteiger partial charge in [0.15, 0.2) is 0 Å². The molecule has 0 radical (unpaired) electrons. The molecule has 19 heavy (non-hydrogen) atoms. The molecule has 5 nitrogen and oxygen atoms in total. The van der Waals surface area contributed by atoms with E-state index in [0.717, 1.165) is 6.42 Å². The van der Waals surface area contributed by atoms with Gasteiger partial charge in [-0.3, -0.25) is 4.79 Å². The van der Waals surface area contributed by atoms with Crippen LogP contribution in [0.4, 0.5) is 0 Å². The first-order chi connectivity index (χ1) is 8.96. The first kappa shape index (κ1) is 16.4. The highest BCUT2D eigenvalue weighted by Gasteiger charge is 2.39. The van der Waals surface area contributed by atoms with Crippen LogP contribution in [0.25, 0.3) is 0 Å². The number of ether oxygens (including phenoxy) is 2. The van der Waals surface area contributed by atoms with Crippen molar-refractivity contribution in [2.45, 2.75) is 33.1 Å². The van der Waals surface area contributed by atoms with Gasteiger partial charge in [-0.25, -0.2) is 0 Å². The van der Waals surface area contributed by atoms with Gasteiger partial charge in [-0.05, 0) is 24.7 Å². The monoisotopic (exact) mass is 272 g/mol. The van der Waals surface area contributed by atoms with Crippen molar-refractivity contribution in [1.29, 1.82) is 0 Å². The van der Waals surface area contributed by atoms with Crippen LogP contribution in [0.3, 0.4) is 0 Å². The molecule has 1 fully saturated rings. The van der Waals surface area contributed by atoms with Crippen molar-refractivity contribution >= 4 is 5.91 Å². The first-order valence-electron chi connectivity index (χ1n) is 7.01. The fourth-order valence-corrected chi connectivity index (χ4v) is 2.26. The van der Waals surface area contributed by atoms with Crippen LogP contribution in [0.1, 0.15) is 33.1 Å². The van der Waals surface area contributed by atoms with Crippen molar-refractivity contribution in [3.05, 3.63) is 0 Å². The lowest BCUT2D eigenvalue weighted by atomic mass is 9.79. The van der Waals surface area contributed by atoms with Gasteiger partial charge >= 0.3 is 0 Å². The molecule has 1 amide bonds. The van der Waals surface area contributed by atoms with Gasteiger partial charge in [0.2, 0.25) is 5.91 Å². The summed E-state index contributed by atoms with van der Waals surface area (Å²) >= 11 is 0. The standard InChI is InChI=1S/C14H28N2O3/c1-13(2,4-7-18-3)11-16-12(17)14(10-15)5-8-19-9-6-14/h4-11,15H2,1-3H3,(H,16,17). The molecule has 0 aromatic heterocycles. The minimum absolute atomic E-state index is 0.0344. The van der Waals surface area contributed by atoms with E-state index in [0.29, 0.717) is 45.8 Å². The number of amides is 1. The van der Waals surface area contributed by atoms with Crippen molar-refractivity contribution in [1.82, 2.24) is 5.32 Å². The van der Waals surface area contributed by atoms with E-state index in [9.17, 15) is 4.79 Å². The molecule has 0 bridgehead atoms. The van der Waals surface area contributed by atoms with Gasteiger partial charge in [-0.1, -0.05) is 13.8 Å². The molecule has 1 aliphatic heterocycles. The molecule has 1 heterocycles. The van der Waals surface area contributed by atoms with Crippen LogP contribution in [0.2, 0.25) is 0 Å². The van der Waals surface area contributed by atoms with Gasteiger partial charge in [0, 0.05) is 40.0 Å². The van der Waals surface area contributed by atoms with Crippen LogP contribution < -0.4 is 11.1 Å². The number of nitrogens with one attached hydrogen (secondary N) is 1. The number of hydrogen-bond acceptors (Lipinski definition) is 4. The molecule has 1 saturated heterocycles. The normalized spacial score (nSPS) is 19.2. The summed E-state index contributed by atoms with van der Waals surface area (Å²) in [5, 5.41) is 3.06. The van der Waals surface area contributed by atoms with E-state index in [1.54, 1.807) is 7.11 Å². The molecule has 0 aliphatic carbocycles. The van der Waals surface area contributed by atoms with Crippen molar-refractivity contribution in [2.24, 2.45) is 16.6 Å². The number of carbonyl (C=O) groups excluding carboxylic acids is 1. The lowest BCUT2D eigenvalue weighted by molar-refractivity contribution is -0.136. The second-order valence-corrected chi connectivity index (χ2v) is 6.19. The van der Waals surface area contributed by atoms with Gasteiger partial charge in [-0.15, -0.1) is 0 Å². The number of methoxy groups -OCH3 is 1. The summed E-state index contributed by atoms with van der Waals surface area (Å²) in [6, 6.07) is 0. The SMILES string of the molecule is COCCC(C)(C)CNC(=O)C1(CN)CCOCC1. The third-order valence-corrected chi connectivity index (χ3v) is 4.03. The predicted octanol–water partition coefficient (Wildman–Crippen LogP) is 0.921. The molecule has 0 aromatic carbocycles. The van der Waals surface area contributed by atoms with E-state index < -0.39 is 5.41 Å². The van der Waals surface area contributed by atoms with E-state index in [2.05, 4.69) is 19.2 Å². The summed E-state index contributed by atoms with van der Waals surface area (Å²) in [4.78, 5) is 12.4. The zero-order valence-corrected chi connectivity index (χ0v) is 12.5. The van der Waals surface area contributed by atoms with Crippen LogP contribution >= 0.6 is 0 Å². The Hall–Kier alpha value is -0.650. The largest absolute Gasteiger partial charge is 0.385 e. The van der Waals surface area contributed by atoms with Crippen molar-refractivity contribution < 1.29 is 14.3 Å². The summed E-state index contributed by atoms with van der Waals surface area (Å²) < 4.78 is 10.4. The molecule has 1 rings (SSSR count). The van der Waals surface area contributed by atoms with Crippen LogP contribution in [0.15, 0.2) is 0 Å². The van der Waals surface area contributed by atoms with E-state index in [1.807, 2.05) is 0 Å². The Balaban J connectivity index is 2.48. The zero-order chi connectivity index (χ0) is 14.4. The summed E-state index contributed by atoms with van der Waals surface area (Å²) in [5.74, 6) is 0.0730. The Morgan fingerprint density at radius 1 is 1.42 bits per heavy atom. The highest BCUT2D eigenvalue weighted by Crippen LogP contribution is 2.30. The lowest BCUT2D eigenvalue weighted by Gasteiger charge is -2.36. The average Bonchev–Trinajstić information content (AvgIpc) is 2.43. The van der Waals surface area contributed by atoms with Gasteiger partial charge in [0.05, 0.1) is 5.41 Å². The number of nitrogens with two attached hydrogens (primary N) is 1. The second kappa shape index (κ2) is 7.22. The summed E-state index contributed by atoms with van der Waals surface area (Å²) in [5.41, 5.74) is 5.42. The Bertz CT molecular complexity index is 286. The molecule has 1 aliphatic rings. The Labute approximate surface area is 116 Å². The lowest BCUT2D eigenvalue weighted by Crippen LogP contribution is -2.50. The molecule has 3 N–H and O–H groups in total. The van der Waals surface area contributed by atoms with Crippen LogP contribution in [0.5, 0.6) is 0 Å². The van der Waals surface area contributed by atoms with Crippen LogP contribution in [0, 0.1) is 10.8 Å². The van der Waals surface area contributed by atoms with Crippen molar-refractivity contribution in [3.63, 3.8) is 0 Å². The smallest absolute Gasteiger partial charge is 0.227 e. The van der Waals surface area contributed by atoms with Crippen molar-refractivity contribution in [2.75, 3.05) is 40.0 Å². The molecule has 0 spiro atoms. The fourth-order valence-electron chi connectivity index (χ4n) is 2.26. The van der Waals surface area contributed by atoms with E-state index in [-0.39, 0.29) is 11.3 Å². The molecular formula is C14H28N2O3. The Kier molecular flexibility index (Phi) is 6.23. The zero-order valence-electron chi connectivity index (χ0n) is 12.5. The van der Waals surface area contributed by atoms with Gasteiger partial charge < -0.3 is 20.5 Å². The minimum atomic E-state index is -0.435. The summed E-state index contributed by atoms with van der Waals surface area (Å²) in [7, 11) is 1.69. The molecule has 112 valence electrons. The van der Waals surface area contributed by atoms with E-state index >= 15 is 0 Å². The molecular weight excluding hydrogens is 244 g/mol. The predicted molar refractivity (Wildman–Crippen MR) is 74.8 cm³/mol. The van der Waals surface area contributed by atoms with Crippen molar-refractivity contribution in [3.8, 4) is 0 Å². The number of hydrogen-bond donors (Lipinski definition) is 2. The van der Waals surface area contributed by atoms with Gasteiger partial charge in [0.1, 0.15) is 0 Å². The first-order valence-corrected chi connectivity index (χ1v) is 7.01. The maximum Gasteiger partial charge on any atom is 0.227 e. The molecule has 0 unspecified atom stereocenters. The topological polar surface area (TPSA) is 73.6 Å². The summed E-state index contributed by atoms with van der Waals surface area (Å²) in [6.07, 6.45) is 2.35. The second-order valence-electron chi connectivity index (χ2n) is 6.19. The molecule has 0 aromatic rings. The van der Waals surface area contributed by atoms with E-state index in [1.165, 1.54) is 0 Å². The maximum atomic E-state index is 12.4. The third-order valence-electron chi connectivity index (χ3n) is 4.03. The van der Waals surface area contributed by atoms with Gasteiger partial charge in [-0.2, -0.15) is 0 Å². The number of rotatable bonds is 7. The molecule has 5 heteroatoms. The van der Waals surface area contributed by atoms with Crippen LogP contribution in [-0.2, 0) is 14.3 Å². The Morgan fingerprint density at radius 2 is 2.05 bits per heavy atom. The minimum Gasteiger partial charge on any atom is -0.385 e. The third kappa shape index (κ3) is 4.75. The quantitative estimate of drug-likeness (QED) is 0.723. The van der Waals surface area contributed by atoms with Gasteiger partial charge in [0.25, 0.3) is 0 Å². The number of carbonyl (C=O) groups is 1. The van der Waals surface area contributed by atoms with E-state index in [4.69, 9.17) is 15.2 Å². The highest BCUT2D eigenvalue weighted by atomic mass is 16.5. The fraction of sp³-hybridized carbons (Fsp3) is 0.929. The maximum absolute atomic E-state index is 12.4. The highest BCUT2D eigenvalue weighted by molar-refractivity contribution is 5.83. The van der Waals surface area contributed by atoms with Crippen LogP contribution in [-0.4, -0.2) is 45.9 Å². The average molecular weight is 272 g/mol. The summed E-state index contributed by atoms with van der Waals surface area (Å²) in [6.45, 7) is 7.25. The molecule has 0 atom stereocenters.